The fraction of sp³-hybridized carbons (Fsp3) is 0.435. The second kappa shape index (κ2) is 8.67. The van der Waals surface area contributed by atoms with Crippen LogP contribution in [0.4, 0.5) is 17.6 Å². The minimum Gasteiger partial charge on any atom is -0.328 e. The maximum absolute atomic E-state index is 13.9. The molecular weight excluding hydrogens is 468 g/mol. The standard InChI is InChI=1S/C23H22F4N6O2/c1-14(18-30-13-31-33(18)21-28-9-2-10-29-21)32(11-15-3-4-15)19(34)16-5-7-17(8-6-16)22(35-20(24)25)12-23(22,26)27/h2,5-10,13-15,20H,3-4,11-12H2,1H3. The van der Waals surface area contributed by atoms with Crippen molar-refractivity contribution in [2.24, 2.45) is 5.92 Å². The molecule has 0 bridgehead atoms. The Kier molecular flexibility index (Phi) is 5.78. The largest absolute Gasteiger partial charge is 0.346 e. The lowest BCUT2D eigenvalue weighted by Crippen LogP contribution is -2.36. The lowest BCUT2D eigenvalue weighted by Gasteiger charge is -2.29. The molecule has 2 saturated carbocycles. The first-order valence-corrected chi connectivity index (χ1v) is 11.1. The summed E-state index contributed by atoms with van der Waals surface area (Å²) in [5.41, 5.74) is -2.22. The van der Waals surface area contributed by atoms with Crippen molar-refractivity contribution in [2.75, 3.05) is 6.54 Å². The summed E-state index contributed by atoms with van der Waals surface area (Å²) in [6.45, 7) is -1.06. The van der Waals surface area contributed by atoms with Gasteiger partial charge in [-0.2, -0.15) is 18.6 Å². The molecule has 0 spiro atoms. The number of hydrogen-bond donors (Lipinski definition) is 0. The van der Waals surface area contributed by atoms with Crippen LogP contribution in [0.25, 0.3) is 5.95 Å². The van der Waals surface area contributed by atoms with E-state index in [0.29, 0.717) is 24.2 Å². The minimum absolute atomic E-state index is 0.0953. The Labute approximate surface area is 198 Å². The fourth-order valence-electron chi connectivity index (χ4n) is 4.20. The second-order valence-electron chi connectivity index (χ2n) is 8.82. The van der Waals surface area contributed by atoms with E-state index in [-0.39, 0.29) is 17.0 Å². The number of hydrogen-bond acceptors (Lipinski definition) is 6. The number of nitrogens with zero attached hydrogens (tertiary/aromatic N) is 6. The maximum atomic E-state index is 13.9. The summed E-state index contributed by atoms with van der Waals surface area (Å²) in [7, 11) is 0. The van der Waals surface area contributed by atoms with E-state index in [0.717, 1.165) is 12.8 Å². The Morgan fingerprint density at radius 2 is 1.83 bits per heavy atom. The van der Waals surface area contributed by atoms with E-state index in [1.807, 2.05) is 6.92 Å². The van der Waals surface area contributed by atoms with Crippen LogP contribution in [0.5, 0.6) is 0 Å². The van der Waals surface area contributed by atoms with Crippen LogP contribution in [0.1, 0.15) is 54.0 Å². The van der Waals surface area contributed by atoms with Crippen molar-refractivity contribution < 1.29 is 27.1 Å². The quantitative estimate of drug-likeness (QED) is 0.419. The van der Waals surface area contributed by atoms with Crippen LogP contribution in [0, 0.1) is 5.92 Å². The molecule has 1 amide bonds. The molecule has 184 valence electrons. The van der Waals surface area contributed by atoms with Gasteiger partial charge in [0.2, 0.25) is 0 Å². The Hall–Kier alpha value is -3.41. The molecule has 8 nitrogen and oxygen atoms in total. The van der Waals surface area contributed by atoms with Gasteiger partial charge in [-0.1, -0.05) is 12.1 Å². The number of alkyl halides is 4. The van der Waals surface area contributed by atoms with Crippen LogP contribution in [0.3, 0.4) is 0 Å². The monoisotopic (exact) mass is 490 g/mol. The highest BCUT2D eigenvalue weighted by atomic mass is 19.3. The van der Waals surface area contributed by atoms with E-state index in [9.17, 15) is 22.4 Å². The number of amides is 1. The predicted molar refractivity (Wildman–Crippen MR) is 114 cm³/mol. The third-order valence-corrected chi connectivity index (χ3v) is 6.39. The van der Waals surface area contributed by atoms with E-state index in [2.05, 4.69) is 24.8 Å². The lowest BCUT2D eigenvalue weighted by atomic mass is 10.0. The van der Waals surface area contributed by atoms with E-state index in [1.165, 1.54) is 35.3 Å². The number of ether oxygens (including phenoxy) is 1. The summed E-state index contributed by atoms with van der Waals surface area (Å²) in [5, 5.41) is 4.20. The molecule has 2 fully saturated rings. The lowest BCUT2D eigenvalue weighted by molar-refractivity contribution is -0.203. The second-order valence-corrected chi connectivity index (χ2v) is 8.82. The zero-order valence-corrected chi connectivity index (χ0v) is 18.7. The first-order valence-electron chi connectivity index (χ1n) is 11.1. The molecule has 2 heterocycles. The summed E-state index contributed by atoms with van der Waals surface area (Å²) in [5.74, 6) is -2.62. The number of halogens is 4. The summed E-state index contributed by atoms with van der Waals surface area (Å²) in [4.78, 5) is 27.9. The van der Waals surface area contributed by atoms with Gasteiger partial charge in [-0.05, 0) is 49.4 Å². The van der Waals surface area contributed by atoms with E-state index < -0.39 is 30.6 Å². The molecule has 2 aliphatic carbocycles. The molecule has 3 aromatic rings. The van der Waals surface area contributed by atoms with Crippen molar-refractivity contribution in [1.82, 2.24) is 29.6 Å². The van der Waals surface area contributed by atoms with Gasteiger partial charge >= 0.3 is 6.61 Å². The van der Waals surface area contributed by atoms with Crippen LogP contribution >= 0.6 is 0 Å². The van der Waals surface area contributed by atoms with Crippen molar-refractivity contribution in [3.8, 4) is 5.95 Å². The van der Waals surface area contributed by atoms with Crippen molar-refractivity contribution >= 4 is 5.91 Å². The van der Waals surface area contributed by atoms with Gasteiger partial charge in [-0.25, -0.2) is 23.7 Å². The van der Waals surface area contributed by atoms with Gasteiger partial charge in [0.1, 0.15) is 6.33 Å². The van der Waals surface area contributed by atoms with Crippen LogP contribution in [-0.4, -0.2) is 54.6 Å². The zero-order chi connectivity index (χ0) is 24.8. The van der Waals surface area contributed by atoms with Gasteiger partial charge in [0, 0.05) is 24.5 Å². The summed E-state index contributed by atoms with van der Waals surface area (Å²) >= 11 is 0. The van der Waals surface area contributed by atoms with Gasteiger partial charge in [-0.15, -0.1) is 0 Å². The van der Waals surface area contributed by atoms with Gasteiger partial charge in [-0.3, -0.25) is 4.79 Å². The van der Waals surface area contributed by atoms with Crippen molar-refractivity contribution in [3.05, 3.63) is 66.0 Å². The first kappa shape index (κ1) is 23.3. The van der Waals surface area contributed by atoms with Gasteiger partial charge in [0.25, 0.3) is 17.8 Å². The minimum atomic E-state index is -3.40. The highest BCUT2D eigenvalue weighted by Crippen LogP contribution is 2.62. The smallest absolute Gasteiger partial charge is 0.328 e. The molecule has 2 atom stereocenters. The molecule has 35 heavy (non-hydrogen) atoms. The number of rotatable bonds is 9. The number of aromatic nitrogens is 5. The van der Waals surface area contributed by atoms with Gasteiger partial charge in [0.05, 0.1) is 12.5 Å². The molecule has 2 unspecified atom stereocenters. The molecule has 2 aromatic heterocycles. The molecule has 0 aliphatic heterocycles. The van der Waals surface area contributed by atoms with E-state index in [4.69, 9.17) is 0 Å². The SMILES string of the molecule is CC(c1ncnn1-c1ncccn1)N(CC1CC1)C(=O)c1ccc(C2(OC(F)F)CC2(F)F)cc1. The molecule has 2 aliphatic rings. The zero-order valence-electron chi connectivity index (χ0n) is 18.7. The summed E-state index contributed by atoms with van der Waals surface area (Å²) in [6, 6.07) is 6.38. The molecule has 0 N–H and O–H groups in total. The Bertz CT molecular complexity index is 1200. The average molecular weight is 490 g/mol. The Morgan fingerprint density at radius 3 is 2.40 bits per heavy atom. The van der Waals surface area contributed by atoms with Gasteiger partial charge < -0.3 is 9.64 Å². The van der Waals surface area contributed by atoms with Crippen molar-refractivity contribution in [2.45, 2.75) is 50.4 Å². The fourth-order valence-corrected chi connectivity index (χ4v) is 4.20. The molecule has 0 saturated heterocycles. The molecule has 5 rings (SSSR count). The van der Waals surface area contributed by atoms with E-state index in [1.54, 1.807) is 23.4 Å². The Balaban J connectivity index is 1.41. The summed E-state index contributed by atoms with van der Waals surface area (Å²) in [6.07, 6.45) is 5.65. The Morgan fingerprint density at radius 1 is 1.17 bits per heavy atom. The first-order chi connectivity index (χ1) is 16.7. The number of carbonyl (C=O) groups is 1. The van der Waals surface area contributed by atoms with Crippen LogP contribution < -0.4 is 0 Å². The van der Waals surface area contributed by atoms with Crippen LogP contribution in [0.15, 0.2) is 49.1 Å². The highest BCUT2D eigenvalue weighted by Gasteiger charge is 2.75. The molecule has 1 aromatic carbocycles. The number of carbonyl (C=O) groups excluding carboxylic acids is 1. The van der Waals surface area contributed by atoms with Crippen molar-refractivity contribution in [1.29, 1.82) is 0 Å². The van der Waals surface area contributed by atoms with Crippen LogP contribution in [0.2, 0.25) is 0 Å². The molecular formula is C23H22F4N6O2. The molecule has 12 heteroatoms. The predicted octanol–water partition coefficient (Wildman–Crippen LogP) is 4.14. The highest BCUT2D eigenvalue weighted by molar-refractivity contribution is 5.94. The third kappa shape index (κ3) is 4.38. The van der Waals surface area contributed by atoms with Gasteiger partial charge in [0.15, 0.2) is 11.4 Å². The average Bonchev–Trinajstić information content (AvgIpc) is 3.69. The normalized spacial score (nSPS) is 21.7. The third-order valence-electron chi connectivity index (χ3n) is 6.39. The van der Waals surface area contributed by atoms with Crippen LogP contribution in [-0.2, 0) is 10.3 Å². The summed E-state index contributed by atoms with van der Waals surface area (Å²) < 4.78 is 59.1. The maximum Gasteiger partial charge on any atom is 0.346 e. The topological polar surface area (TPSA) is 86.0 Å². The number of benzene rings is 1. The van der Waals surface area contributed by atoms with Crippen molar-refractivity contribution in [3.63, 3.8) is 0 Å². The molecule has 0 radical (unpaired) electrons. The van der Waals surface area contributed by atoms with E-state index >= 15 is 0 Å².